The smallest absolute Gasteiger partial charge is 0.334 e. The van der Waals surface area contributed by atoms with Crippen molar-refractivity contribution in [2.45, 2.75) is 31.4 Å². The molecule has 2 aliphatic heterocycles. The first-order valence-corrected chi connectivity index (χ1v) is 5.32. The fraction of sp³-hybridized carbons (Fsp3) is 0.417. The van der Waals surface area contributed by atoms with Crippen molar-refractivity contribution in [2.75, 3.05) is 0 Å². The molecule has 2 atom stereocenters. The molecule has 3 rings (SSSR count). The molecule has 78 valence electrons. The first-order chi connectivity index (χ1) is 7.27. The highest BCUT2D eigenvalue weighted by Crippen LogP contribution is 2.39. The zero-order valence-electron chi connectivity index (χ0n) is 8.48. The summed E-state index contributed by atoms with van der Waals surface area (Å²) >= 11 is 0. The van der Waals surface area contributed by atoms with E-state index in [1.54, 1.807) is 0 Å². The van der Waals surface area contributed by atoms with Crippen LogP contribution in [0.1, 0.15) is 24.5 Å². The van der Waals surface area contributed by atoms with E-state index >= 15 is 0 Å². The van der Waals surface area contributed by atoms with Crippen molar-refractivity contribution >= 4 is 5.97 Å². The fourth-order valence-corrected chi connectivity index (χ4v) is 2.60. The van der Waals surface area contributed by atoms with Gasteiger partial charge in [-0.05, 0) is 25.0 Å². The van der Waals surface area contributed by atoms with Gasteiger partial charge in [0.2, 0.25) is 0 Å². The zero-order valence-corrected chi connectivity index (χ0v) is 8.48. The average Bonchev–Trinajstić information content (AvgIpc) is 2.71. The van der Waals surface area contributed by atoms with Gasteiger partial charge in [0.15, 0.2) is 0 Å². The maximum atomic E-state index is 11.5. The number of hydrogen-bond donors (Lipinski definition) is 0. The van der Waals surface area contributed by atoms with Gasteiger partial charge in [-0.3, -0.25) is 0 Å². The molecule has 1 aromatic rings. The molecule has 3 heteroatoms. The zero-order chi connectivity index (χ0) is 10.4. The first-order valence-electron chi connectivity index (χ1n) is 5.32. The van der Waals surface area contributed by atoms with E-state index in [-0.39, 0.29) is 18.0 Å². The van der Waals surface area contributed by atoms with Crippen LogP contribution in [0.5, 0.6) is 0 Å². The number of carbonyl (C=O) groups excluding carboxylic acids is 1. The summed E-state index contributed by atoms with van der Waals surface area (Å²) in [6.07, 6.45) is 4.08. The molecule has 0 N–H and O–H groups in total. The molecule has 0 saturated carbocycles. The van der Waals surface area contributed by atoms with Crippen LogP contribution in [-0.2, 0) is 16.1 Å². The summed E-state index contributed by atoms with van der Waals surface area (Å²) in [5, 5.41) is 0. The molecule has 0 aliphatic carbocycles. The molecule has 1 aromatic heterocycles. The highest BCUT2D eigenvalue weighted by Gasteiger charge is 2.41. The van der Waals surface area contributed by atoms with E-state index in [4.69, 9.17) is 4.74 Å². The van der Waals surface area contributed by atoms with Crippen molar-refractivity contribution in [3.63, 3.8) is 0 Å². The fourth-order valence-electron chi connectivity index (χ4n) is 2.60. The highest BCUT2D eigenvalue weighted by molar-refractivity contribution is 5.92. The number of ether oxygens (including phenoxy) is 1. The molecule has 0 unspecified atom stereocenters. The minimum Gasteiger partial charge on any atom is -0.458 e. The lowest BCUT2D eigenvalue weighted by molar-refractivity contribution is -0.139. The Labute approximate surface area is 88.3 Å². The topological polar surface area (TPSA) is 31.2 Å². The molecule has 1 fully saturated rings. The summed E-state index contributed by atoms with van der Waals surface area (Å²) in [6.45, 7) is 4.87. The first kappa shape index (κ1) is 8.77. The molecule has 0 spiro atoms. The van der Waals surface area contributed by atoms with Crippen LogP contribution in [0.3, 0.4) is 0 Å². The van der Waals surface area contributed by atoms with Crippen molar-refractivity contribution in [1.29, 1.82) is 0 Å². The quantitative estimate of drug-likeness (QED) is 0.476. The number of hydrogen-bond acceptors (Lipinski definition) is 2. The SMILES string of the molecule is C=C1C(=O)O[C@@H]2CCCn3cccc3[C@@H]12. The number of aromatic nitrogens is 1. The summed E-state index contributed by atoms with van der Waals surface area (Å²) in [6, 6.07) is 4.09. The van der Waals surface area contributed by atoms with Gasteiger partial charge in [-0.15, -0.1) is 0 Å². The van der Waals surface area contributed by atoms with Gasteiger partial charge < -0.3 is 9.30 Å². The van der Waals surface area contributed by atoms with Crippen LogP contribution in [0.25, 0.3) is 0 Å². The number of rotatable bonds is 0. The number of esters is 1. The summed E-state index contributed by atoms with van der Waals surface area (Å²) in [7, 11) is 0. The molecule has 15 heavy (non-hydrogen) atoms. The van der Waals surface area contributed by atoms with Gasteiger partial charge in [0.1, 0.15) is 6.10 Å². The Morgan fingerprint density at radius 1 is 1.53 bits per heavy atom. The molecule has 0 radical (unpaired) electrons. The lowest BCUT2D eigenvalue weighted by Gasteiger charge is -2.14. The molecular formula is C12H13NO2. The van der Waals surface area contributed by atoms with E-state index in [9.17, 15) is 4.79 Å². The molecule has 3 nitrogen and oxygen atoms in total. The monoisotopic (exact) mass is 203 g/mol. The van der Waals surface area contributed by atoms with E-state index in [1.807, 2.05) is 6.07 Å². The molecule has 0 amide bonds. The lowest BCUT2D eigenvalue weighted by atomic mass is 9.92. The van der Waals surface area contributed by atoms with Gasteiger partial charge in [-0.2, -0.15) is 0 Å². The Kier molecular flexibility index (Phi) is 1.75. The van der Waals surface area contributed by atoms with E-state index < -0.39 is 0 Å². The van der Waals surface area contributed by atoms with E-state index in [2.05, 4.69) is 23.4 Å². The van der Waals surface area contributed by atoms with Crippen LogP contribution < -0.4 is 0 Å². The van der Waals surface area contributed by atoms with Gasteiger partial charge in [-0.25, -0.2) is 4.79 Å². The maximum Gasteiger partial charge on any atom is 0.334 e. The molecule has 0 bridgehead atoms. The van der Waals surface area contributed by atoms with Crippen LogP contribution in [0.15, 0.2) is 30.5 Å². The predicted octanol–water partition coefficient (Wildman–Crippen LogP) is 1.85. The maximum absolute atomic E-state index is 11.5. The Morgan fingerprint density at radius 3 is 3.27 bits per heavy atom. The second-order valence-corrected chi connectivity index (χ2v) is 4.22. The summed E-state index contributed by atoms with van der Waals surface area (Å²) in [5.41, 5.74) is 1.79. The number of aryl methyl sites for hydroxylation is 1. The van der Waals surface area contributed by atoms with Crippen molar-refractivity contribution in [3.8, 4) is 0 Å². The third-order valence-corrected chi connectivity index (χ3v) is 3.34. The number of nitrogens with zero attached hydrogens (tertiary/aromatic N) is 1. The van der Waals surface area contributed by atoms with Crippen molar-refractivity contribution in [3.05, 3.63) is 36.2 Å². The van der Waals surface area contributed by atoms with Crippen LogP contribution >= 0.6 is 0 Å². The largest absolute Gasteiger partial charge is 0.458 e. The van der Waals surface area contributed by atoms with Gasteiger partial charge in [-0.1, -0.05) is 6.58 Å². The Bertz CT molecular complexity index is 433. The van der Waals surface area contributed by atoms with Crippen LogP contribution in [0, 0.1) is 0 Å². The van der Waals surface area contributed by atoms with Gasteiger partial charge in [0.25, 0.3) is 0 Å². The summed E-state index contributed by atoms with van der Waals surface area (Å²) in [4.78, 5) is 11.5. The molecule has 3 heterocycles. The third-order valence-electron chi connectivity index (χ3n) is 3.34. The Hall–Kier alpha value is -1.51. The van der Waals surface area contributed by atoms with Crippen LogP contribution in [0.2, 0.25) is 0 Å². The third kappa shape index (κ3) is 1.16. The highest BCUT2D eigenvalue weighted by atomic mass is 16.6. The van der Waals surface area contributed by atoms with Crippen molar-refractivity contribution in [2.24, 2.45) is 0 Å². The van der Waals surface area contributed by atoms with Crippen LogP contribution in [-0.4, -0.2) is 16.6 Å². The molecule has 1 saturated heterocycles. The number of fused-ring (bicyclic) bond motifs is 3. The molecular weight excluding hydrogens is 190 g/mol. The normalized spacial score (nSPS) is 29.3. The molecule has 0 aromatic carbocycles. The van der Waals surface area contributed by atoms with E-state index in [0.717, 1.165) is 19.4 Å². The summed E-state index contributed by atoms with van der Waals surface area (Å²) < 4.78 is 7.54. The molecule has 2 aliphatic rings. The standard InChI is InChI=1S/C12H13NO2/c1-8-11-9-4-2-6-13(9)7-3-5-10(11)15-12(8)14/h2,4,6,10-11H,1,3,5,7H2/t10-,11-/m1/s1. The Morgan fingerprint density at radius 2 is 2.40 bits per heavy atom. The summed E-state index contributed by atoms with van der Waals surface area (Å²) in [5.74, 6) is -0.144. The number of carbonyl (C=O) groups is 1. The predicted molar refractivity (Wildman–Crippen MR) is 55.4 cm³/mol. The Balaban J connectivity index is 2.10. The van der Waals surface area contributed by atoms with Crippen molar-refractivity contribution < 1.29 is 9.53 Å². The van der Waals surface area contributed by atoms with Gasteiger partial charge in [0, 0.05) is 24.0 Å². The minimum atomic E-state index is -0.223. The van der Waals surface area contributed by atoms with E-state index in [0.29, 0.717) is 5.57 Å². The van der Waals surface area contributed by atoms with Gasteiger partial charge in [0.05, 0.1) is 5.92 Å². The van der Waals surface area contributed by atoms with E-state index in [1.165, 1.54) is 5.69 Å². The van der Waals surface area contributed by atoms with Crippen LogP contribution in [0.4, 0.5) is 0 Å². The second kappa shape index (κ2) is 2.99. The van der Waals surface area contributed by atoms with Crippen molar-refractivity contribution in [1.82, 2.24) is 4.57 Å². The second-order valence-electron chi connectivity index (χ2n) is 4.22. The van der Waals surface area contributed by atoms with Gasteiger partial charge >= 0.3 is 5.97 Å². The minimum absolute atomic E-state index is 0.0150. The average molecular weight is 203 g/mol. The lowest BCUT2D eigenvalue weighted by Crippen LogP contribution is -2.13.